The molecule has 0 atom stereocenters. The van der Waals surface area contributed by atoms with Crippen molar-refractivity contribution in [1.82, 2.24) is 4.90 Å². The number of benzene rings is 2. The number of carbonyl (C=O) groups is 4. The van der Waals surface area contributed by atoms with Crippen molar-refractivity contribution in [3.05, 3.63) is 56.0 Å². The summed E-state index contributed by atoms with van der Waals surface area (Å²) in [6.07, 6.45) is 1.56. The van der Waals surface area contributed by atoms with Crippen LogP contribution in [0.2, 0.25) is 0 Å². The third kappa shape index (κ3) is 7.48. The first kappa shape index (κ1) is 28.5. The van der Waals surface area contributed by atoms with Gasteiger partial charge >= 0.3 is 5.97 Å². The topological polar surface area (TPSA) is 111 Å². The van der Waals surface area contributed by atoms with Gasteiger partial charge in [0.15, 0.2) is 18.1 Å². The Kier molecular flexibility index (Phi) is 9.98. The van der Waals surface area contributed by atoms with Gasteiger partial charge in [0.05, 0.1) is 22.2 Å². The van der Waals surface area contributed by atoms with Crippen LogP contribution in [-0.2, 0) is 19.1 Å². The minimum Gasteiger partial charge on any atom is -0.490 e. The van der Waals surface area contributed by atoms with Crippen LogP contribution in [0.5, 0.6) is 11.5 Å². The van der Waals surface area contributed by atoms with Crippen molar-refractivity contribution in [2.75, 3.05) is 32.2 Å². The minimum atomic E-state index is -0.556. The number of imide groups is 1. The predicted octanol–water partition coefficient (Wildman–Crippen LogP) is 5.04. The highest BCUT2D eigenvalue weighted by Crippen LogP contribution is 2.37. The molecule has 1 aliphatic rings. The van der Waals surface area contributed by atoms with Gasteiger partial charge in [0.1, 0.15) is 6.54 Å². The van der Waals surface area contributed by atoms with E-state index < -0.39 is 29.6 Å². The number of nitrogens with zero attached hydrogens (tertiary/aromatic N) is 1. The van der Waals surface area contributed by atoms with Gasteiger partial charge in [0.2, 0.25) is 5.91 Å². The number of hydrogen-bond donors (Lipinski definition) is 1. The summed E-state index contributed by atoms with van der Waals surface area (Å²) in [6.45, 7) is 5.63. The van der Waals surface area contributed by atoms with E-state index >= 15 is 0 Å². The number of rotatable bonds is 10. The van der Waals surface area contributed by atoms with Crippen LogP contribution in [0, 0.1) is 3.57 Å². The monoisotopic (exact) mass is 638 g/mol. The Morgan fingerprint density at radius 1 is 1.14 bits per heavy atom. The average Bonchev–Trinajstić information content (AvgIpc) is 3.11. The molecule has 0 saturated carbocycles. The molecular weight excluding hydrogens is 611 g/mol. The van der Waals surface area contributed by atoms with E-state index in [1.807, 2.05) is 34.7 Å². The number of thioether (sulfide) groups is 1. The number of ether oxygens (including phenoxy) is 3. The fourth-order valence-electron chi connectivity index (χ4n) is 3.35. The molecule has 0 aromatic heterocycles. The first-order valence-corrected chi connectivity index (χ1v) is 13.3. The molecule has 0 unspecified atom stereocenters. The molecule has 0 spiro atoms. The number of hydrogen-bond acceptors (Lipinski definition) is 8. The molecule has 2 aromatic carbocycles. The van der Waals surface area contributed by atoms with Gasteiger partial charge in [-0.15, -0.1) is 0 Å². The van der Waals surface area contributed by atoms with Crippen LogP contribution in [0.3, 0.4) is 0 Å². The van der Waals surface area contributed by atoms with E-state index in [0.29, 0.717) is 38.8 Å². The molecule has 37 heavy (non-hydrogen) atoms. The number of carbonyl (C=O) groups excluding carboxylic acids is 4. The highest BCUT2D eigenvalue weighted by molar-refractivity contribution is 14.1. The summed E-state index contributed by atoms with van der Waals surface area (Å²) in [5, 5.41) is 2.19. The Hall–Kier alpha value is -3.06. The van der Waals surface area contributed by atoms with E-state index in [1.165, 1.54) is 7.11 Å². The van der Waals surface area contributed by atoms with Gasteiger partial charge in [-0.2, -0.15) is 0 Å². The van der Waals surface area contributed by atoms with Crippen molar-refractivity contribution < 1.29 is 33.4 Å². The Bertz CT molecular complexity index is 1230. The second-order valence-electron chi connectivity index (χ2n) is 8.22. The lowest BCUT2D eigenvalue weighted by Gasteiger charge is -2.14. The largest absolute Gasteiger partial charge is 0.490 e. The van der Waals surface area contributed by atoms with E-state index in [9.17, 15) is 19.2 Å². The molecule has 0 radical (unpaired) electrons. The Balaban J connectivity index is 1.73. The van der Waals surface area contributed by atoms with Gasteiger partial charge in [0, 0.05) is 5.69 Å². The zero-order valence-electron chi connectivity index (χ0n) is 20.8. The molecule has 2 aromatic rings. The smallest absolute Gasteiger partial charge is 0.343 e. The molecular formula is C26H27IN2O7S. The van der Waals surface area contributed by atoms with Crippen LogP contribution in [0.4, 0.5) is 10.5 Å². The standard InChI is InChI=1S/C26H27IN2O7S/c1-5-35-20-11-16(10-19(27)24(20)36-14-23(31)34-4)12-21-25(32)29(26(33)37-21)13-22(30)28-18-8-6-17(7-9-18)15(2)3/h6-12,15H,5,13-14H2,1-4H3,(H,28,30)/b21-12+. The van der Waals surface area contributed by atoms with Gasteiger partial charge in [-0.3, -0.25) is 19.3 Å². The third-order valence-electron chi connectivity index (χ3n) is 5.23. The molecule has 11 heteroatoms. The fourth-order valence-corrected chi connectivity index (χ4v) is 4.97. The molecule has 3 amide bonds. The summed E-state index contributed by atoms with van der Waals surface area (Å²) in [7, 11) is 1.27. The van der Waals surface area contributed by atoms with Crippen LogP contribution in [-0.4, -0.2) is 54.8 Å². The molecule has 1 heterocycles. The lowest BCUT2D eigenvalue weighted by Crippen LogP contribution is -2.36. The van der Waals surface area contributed by atoms with Crippen molar-refractivity contribution in [1.29, 1.82) is 0 Å². The van der Waals surface area contributed by atoms with Gasteiger partial charge < -0.3 is 19.5 Å². The maximum absolute atomic E-state index is 12.9. The number of halogens is 1. The van der Waals surface area contributed by atoms with Gasteiger partial charge in [0.25, 0.3) is 11.1 Å². The second kappa shape index (κ2) is 13.0. The number of esters is 1. The summed E-state index contributed by atoms with van der Waals surface area (Å²) in [5.74, 6) is -0.445. The van der Waals surface area contributed by atoms with E-state index in [-0.39, 0.29) is 11.5 Å². The minimum absolute atomic E-state index is 0.181. The predicted molar refractivity (Wildman–Crippen MR) is 150 cm³/mol. The molecule has 196 valence electrons. The molecule has 1 N–H and O–H groups in total. The normalized spacial score (nSPS) is 14.3. The van der Waals surface area contributed by atoms with Crippen molar-refractivity contribution in [2.24, 2.45) is 0 Å². The van der Waals surface area contributed by atoms with Gasteiger partial charge in [-0.1, -0.05) is 26.0 Å². The van der Waals surface area contributed by atoms with Crippen LogP contribution >= 0.6 is 34.4 Å². The third-order valence-corrected chi connectivity index (χ3v) is 6.94. The first-order valence-electron chi connectivity index (χ1n) is 11.4. The van der Waals surface area contributed by atoms with Gasteiger partial charge in [-0.25, -0.2) is 4.79 Å². The van der Waals surface area contributed by atoms with E-state index in [4.69, 9.17) is 9.47 Å². The molecule has 9 nitrogen and oxygen atoms in total. The maximum atomic E-state index is 12.9. The molecule has 0 bridgehead atoms. The van der Waals surface area contributed by atoms with Crippen LogP contribution in [0.25, 0.3) is 6.08 Å². The quantitative estimate of drug-likeness (QED) is 0.219. The Morgan fingerprint density at radius 3 is 2.46 bits per heavy atom. The number of methoxy groups -OCH3 is 1. The molecule has 1 saturated heterocycles. The maximum Gasteiger partial charge on any atom is 0.343 e. The highest BCUT2D eigenvalue weighted by atomic mass is 127. The SMILES string of the molecule is CCOc1cc(/C=C2/SC(=O)N(CC(=O)Nc3ccc(C(C)C)cc3)C2=O)cc(I)c1OCC(=O)OC. The molecule has 0 aliphatic carbocycles. The zero-order valence-corrected chi connectivity index (χ0v) is 23.8. The van der Waals surface area contributed by atoms with Crippen molar-refractivity contribution in [3.63, 3.8) is 0 Å². The van der Waals surface area contributed by atoms with Crippen molar-refractivity contribution in [2.45, 2.75) is 26.7 Å². The van der Waals surface area contributed by atoms with Crippen LogP contribution in [0.15, 0.2) is 41.3 Å². The number of nitrogens with one attached hydrogen (secondary N) is 1. The molecule has 3 rings (SSSR count). The fraction of sp³-hybridized carbons (Fsp3) is 0.308. The average molecular weight is 638 g/mol. The summed E-state index contributed by atoms with van der Waals surface area (Å²) in [4.78, 5) is 50.5. The summed E-state index contributed by atoms with van der Waals surface area (Å²) in [6, 6.07) is 10.8. The van der Waals surface area contributed by atoms with E-state index in [2.05, 4.69) is 23.9 Å². The number of amides is 3. The Labute approximate surface area is 233 Å². The Morgan fingerprint density at radius 2 is 1.84 bits per heavy atom. The number of anilines is 1. The lowest BCUT2D eigenvalue weighted by atomic mass is 10.0. The van der Waals surface area contributed by atoms with Crippen molar-refractivity contribution in [3.8, 4) is 11.5 Å². The highest BCUT2D eigenvalue weighted by Gasteiger charge is 2.36. The summed E-state index contributed by atoms with van der Waals surface area (Å²) < 4.78 is 16.5. The first-order chi connectivity index (χ1) is 17.6. The lowest BCUT2D eigenvalue weighted by molar-refractivity contribution is -0.143. The summed E-state index contributed by atoms with van der Waals surface area (Å²) in [5.41, 5.74) is 2.32. The van der Waals surface area contributed by atoms with Crippen LogP contribution in [0.1, 0.15) is 37.8 Å². The zero-order chi connectivity index (χ0) is 27.1. The van der Waals surface area contributed by atoms with E-state index in [1.54, 1.807) is 37.3 Å². The molecule has 1 aliphatic heterocycles. The molecule has 1 fully saturated rings. The summed E-state index contributed by atoms with van der Waals surface area (Å²) >= 11 is 2.79. The van der Waals surface area contributed by atoms with Gasteiger partial charge in [-0.05, 0) is 88.7 Å². The second-order valence-corrected chi connectivity index (χ2v) is 10.4. The van der Waals surface area contributed by atoms with E-state index in [0.717, 1.165) is 22.2 Å². The van der Waals surface area contributed by atoms with Crippen LogP contribution < -0.4 is 14.8 Å². The van der Waals surface area contributed by atoms with Crippen molar-refractivity contribution >= 4 is 69.1 Å².